The molecule has 2 N–H and O–H groups in total. The Morgan fingerprint density at radius 3 is 2.44 bits per heavy atom. The molecule has 0 amide bonds. The fourth-order valence-corrected chi connectivity index (χ4v) is 5.04. The summed E-state index contributed by atoms with van der Waals surface area (Å²) in [6.45, 7) is 1.78. The molecule has 170 valence electrons. The van der Waals surface area contributed by atoms with Crippen molar-refractivity contribution in [2.75, 3.05) is 6.54 Å². The van der Waals surface area contributed by atoms with E-state index in [0.29, 0.717) is 16.3 Å². The Balaban J connectivity index is 1.68. The molecule has 3 rings (SSSR count). The third-order valence-electron chi connectivity index (χ3n) is 4.29. The third-order valence-corrected chi connectivity index (χ3v) is 6.87. The molecule has 0 spiro atoms. The zero-order valence-corrected chi connectivity index (χ0v) is 18.1. The van der Waals surface area contributed by atoms with E-state index in [-0.39, 0.29) is 29.2 Å². The smallest absolute Gasteiger partial charge is 0.478 e. The lowest BCUT2D eigenvalue weighted by Gasteiger charge is -2.09. The van der Waals surface area contributed by atoms with Gasteiger partial charge >= 0.3 is 12.3 Å². The van der Waals surface area contributed by atoms with E-state index in [1.807, 2.05) is 0 Å². The monoisotopic (exact) mass is 486 g/mol. The van der Waals surface area contributed by atoms with Crippen LogP contribution in [0.5, 0.6) is 5.75 Å². The number of ether oxygens (including phenoxy) is 1. The minimum Gasteiger partial charge on any atom is -0.478 e. The number of aryl methyl sites for hydroxylation is 1. The number of hydrogen-bond acceptors (Lipinski definition) is 6. The van der Waals surface area contributed by atoms with E-state index in [1.54, 1.807) is 6.92 Å². The lowest BCUT2D eigenvalue weighted by atomic mass is 10.2. The van der Waals surface area contributed by atoms with Crippen molar-refractivity contribution in [1.82, 2.24) is 9.71 Å². The second-order valence-electron chi connectivity index (χ2n) is 6.54. The Hall–Kier alpha value is -2.96. The summed E-state index contributed by atoms with van der Waals surface area (Å²) < 4.78 is 68.1. The van der Waals surface area contributed by atoms with Gasteiger partial charge in [0.2, 0.25) is 10.0 Å². The summed E-state index contributed by atoms with van der Waals surface area (Å²) >= 11 is 1.32. The lowest BCUT2D eigenvalue weighted by Crippen LogP contribution is -2.27. The minimum atomic E-state index is -4.77. The molecule has 0 aliphatic rings. The van der Waals surface area contributed by atoms with Gasteiger partial charge in [-0.15, -0.1) is 24.5 Å². The number of sulfonamides is 1. The third kappa shape index (κ3) is 5.84. The molecule has 0 fully saturated rings. The van der Waals surface area contributed by atoms with E-state index in [4.69, 9.17) is 0 Å². The Morgan fingerprint density at radius 2 is 1.81 bits per heavy atom. The molecule has 1 heterocycles. The minimum absolute atomic E-state index is 0.0152. The van der Waals surface area contributed by atoms with Gasteiger partial charge in [-0.3, -0.25) is 0 Å². The number of thiazole rings is 1. The summed E-state index contributed by atoms with van der Waals surface area (Å²) in [4.78, 5) is 16.2. The molecule has 0 atom stereocenters. The zero-order chi connectivity index (χ0) is 23.5. The van der Waals surface area contributed by atoms with Crippen LogP contribution < -0.4 is 9.46 Å². The highest BCUT2D eigenvalue weighted by atomic mass is 32.2. The number of alkyl halides is 3. The van der Waals surface area contributed by atoms with Crippen molar-refractivity contribution >= 4 is 27.3 Å². The summed E-state index contributed by atoms with van der Waals surface area (Å²) in [5.41, 5.74) is 0.884. The molecule has 12 heteroatoms. The number of benzene rings is 2. The van der Waals surface area contributed by atoms with Crippen LogP contribution in [0.3, 0.4) is 0 Å². The van der Waals surface area contributed by atoms with Gasteiger partial charge in [0.1, 0.15) is 10.8 Å². The molecule has 0 radical (unpaired) electrons. The Morgan fingerprint density at radius 1 is 1.16 bits per heavy atom. The van der Waals surface area contributed by atoms with Crippen LogP contribution in [0.4, 0.5) is 13.2 Å². The molecule has 0 unspecified atom stereocenters. The second-order valence-corrected chi connectivity index (χ2v) is 9.48. The van der Waals surface area contributed by atoms with Crippen LogP contribution in [-0.2, 0) is 16.4 Å². The first-order chi connectivity index (χ1) is 15.0. The van der Waals surface area contributed by atoms with Crippen LogP contribution in [0.25, 0.3) is 10.6 Å². The standard InChI is InChI=1S/C20H17F3N2O5S2/c1-12-16(10-11-24-32(28,29)17-5-3-2-4-15(17)19(26)27)25-18(31-12)13-6-8-14(9-7-13)30-20(21,22)23/h2-9,24H,10-11H2,1H3,(H,26,27). The largest absolute Gasteiger partial charge is 0.573 e. The summed E-state index contributed by atoms with van der Waals surface area (Å²) in [5.74, 6) is -1.69. The van der Waals surface area contributed by atoms with Gasteiger partial charge in [0.05, 0.1) is 16.2 Å². The molecule has 1 aromatic heterocycles. The van der Waals surface area contributed by atoms with Crippen LogP contribution in [-0.4, -0.2) is 37.4 Å². The average Bonchev–Trinajstić information content (AvgIpc) is 3.08. The summed E-state index contributed by atoms with van der Waals surface area (Å²) in [5, 5.41) is 9.75. The van der Waals surface area contributed by atoms with Gasteiger partial charge in [0, 0.05) is 23.4 Å². The maximum atomic E-state index is 12.5. The number of carboxylic acid groups (broad SMARTS) is 1. The number of aromatic carboxylic acids is 1. The molecular formula is C20H17F3N2O5S2. The Kier molecular flexibility index (Phi) is 6.86. The molecule has 0 bridgehead atoms. The fourth-order valence-electron chi connectivity index (χ4n) is 2.84. The predicted molar refractivity (Wildman–Crippen MR) is 111 cm³/mol. The first-order valence-electron chi connectivity index (χ1n) is 9.11. The first-order valence-corrected chi connectivity index (χ1v) is 11.4. The van der Waals surface area contributed by atoms with Crippen LogP contribution in [0.15, 0.2) is 53.4 Å². The molecule has 0 aliphatic carbocycles. The fraction of sp³-hybridized carbons (Fsp3) is 0.200. The molecule has 32 heavy (non-hydrogen) atoms. The number of carbonyl (C=O) groups is 1. The number of aromatic nitrogens is 1. The predicted octanol–water partition coefficient (Wildman–Crippen LogP) is 4.24. The lowest BCUT2D eigenvalue weighted by molar-refractivity contribution is -0.274. The molecule has 0 aliphatic heterocycles. The van der Waals surface area contributed by atoms with Gasteiger partial charge in [-0.25, -0.2) is 22.9 Å². The first kappa shape index (κ1) is 23.7. The zero-order valence-electron chi connectivity index (χ0n) is 16.5. The van der Waals surface area contributed by atoms with Crippen LogP contribution in [0.2, 0.25) is 0 Å². The highest BCUT2D eigenvalue weighted by molar-refractivity contribution is 7.89. The van der Waals surface area contributed by atoms with E-state index < -0.39 is 22.4 Å². The number of nitrogens with zero attached hydrogens (tertiary/aromatic N) is 1. The molecular weight excluding hydrogens is 469 g/mol. The maximum Gasteiger partial charge on any atom is 0.573 e. The van der Waals surface area contributed by atoms with Crippen LogP contribution in [0.1, 0.15) is 20.9 Å². The van der Waals surface area contributed by atoms with Gasteiger partial charge in [0.25, 0.3) is 0 Å². The summed E-state index contributed by atoms with van der Waals surface area (Å²) in [6.07, 6.45) is -4.53. The number of carboxylic acids is 1. The van der Waals surface area contributed by atoms with Gasteiger partial charge in [-0.05, 0) is 43.3 Å². The normalized spacial score (nSPS) is 12.0. The van der Waals surface area contributed by atoms with E-state index >= 15 is 0 Å². The average molecular weight is 486 g/mol. The van der Waals surface area contributed by atoms with E-state index in [2.05, 4.69) is 14.4 Å². The van der Waals surface area contributed by atoms with E-state index in [1.165, 1.54) is 59.9 Å². The van der Waals surface area contributed by atoms with E-state index in [0.717, 1.165) is 4.88 Å². The number of halogens is 3. The van der Waals surface area contributed by atoms with Crippen molar-refractivity contribution in [1.29, 1.82) is 0 Å². The topological polar surface area (TPSA) is 106 Å². The van der Waals surface area contributed by atoms with Crippen molar-refractivity contribution in [3.05, 3.63) is 64.7 Å². The SMILES string of the molecule is Cc1sc(-c2ccc(OC(F)(F)F)cc2)nc1CCNS(=O)(=O)c1ccccc1C(=O)O. The molecule has 3 aromatic rings. The van der Waals surface area contributed by atoms with Crippen molar-refractivity contribution in [3.8, 4) is 16.3 Å². The van der Waals surface area contributed by atoms with Gasteiger partial charge < -0.3 is 9.84 Å². The summed E-state index contributed by atoms with van der Waals surface area (Å²) in [7, 11) is -4.05. The Bertz CT molecular complexity index is 1220. The van der Waals surface area contributed by atoms with Gasteiger partial charge in [-0.2, -0.15) is 0 Å². The van der Waals surface area contributed by atoms with Crippen molar-refractivity contribution in [2.24, 2.45) is 0 Å². The van der Waals surface area contributed by atoms with Crippen LogP contribution >= 0.6 is 11.3 Å². The van der Waals surface area contributed by atoms with E-state index in [9.17, 15) is 31.5 Å². The summed E-state index contributed by atoms with van der Waals surface area (Å²) in [6, 6.07) is 10.6. The van der Waals surface area contributed by atoms with Crippen molar-refractivity contribution < 1.29 is 36.2 Å². The second kappa shape index (κ2) is 9.27. The maximum absolute atomic E-state index is 12.5. The highest BCUT2D eigenvalue weighted by Crippen LogP contribution is 2.30. The quantitative estimate of drug-likeness (QED) is 0.494. The van der Waals surface area contributed by atoms with Crippen LogP contribution in [0, 0.1) is 6.92 Å². The number of hydrogen-bond donors (Lipinski definition) is 2. The molecule has 7 nitrogen and oxygen atoms in total. The number of rotatable bonds is 8. The Labute approximate surface area is 185 Å². The number of nitrogens with one attached hydrogen (secondary N) is 1. The molecule has 0 saturated carbocycles. The van der Waals surface area contributed by atoms with Crippen molar-refractivity contribution in [3.63, 3.8) is 0 Å². The van der Waals surface area contributed by atoms with Gasteiger partial charge in [0.15, 0.2) is 0 Å². The molecule has 0 saturated heterocycles. The highest BCUT2D eigenvalue weighted by Gasteiger charge is 2.31. The molecule has 2 aromatic carbocycles. The van der Waals surface area contributed by atoms with Gasteiger partial charge in [-0.1, -0.05) is 12.1 Å². The van der Waals surface area contributed by atoms with Crippen molar-refractivity contribution in [2.45, 2.75) is 24.6 Å².